The van der Waals surface area contributed by atoms with Crippen molar-refractivity contribution in [1.82, 2.24) is 9.88 Å². The number of likely N-dealkylation sites (N-methyl/N-ethyl adjacent to an activating group) is 1. The Morgan fingerprint density at radius 3 is 2.76 bits per heavy atom. The normalized spacial score (nSPS) is 44.3. The average molecular weight is 507 g/mol. The Balaban J connectivity index is 1.30. The van der Waals surface area contributed by atoms with Crippen LogP contribution in [0.3, 0.4) is 0 Å². The Morgan fingerprint density at radius 1 is 1.16 bits per heavy atom. The van der Waals surface area contributed by atoms with Gasteiger partial charge in [0.1, 0.15) is 11.7 Å². The fourth-order valence-corrected chi connectivity index (χ4v) is 8.78. The molecule has 2 aromatic rings. The number of pyridine rings is 1. The molecule has 0 amide bonds. The highest BCUT2D eigenvalue weighted by Crippen LogP contribution is 2.70. The van der Waals surface area contributed by atoms with Gasteiger partial charge in [0, 0.05) is 35.4 Å². The molecular weight excluding hydrogens is 471 g/mol. The van der Waals surface area contributed by atoms with E-state index in [2.05, 4.69) is 30.1 Å². The van der Waals surface area contributed by atoms with Crippen molar-refractivity contribution in [1.29, 1.82) is 0 Å². The summed E-state index contributed by atoms with van der Waals surface area (Å²) >= 11 is 0. The molecule has 7 rings (SSSR count). The summed E-state index contributed by atoms with van der Waals surface area (Å²) in [7, 11) is 3.72. The zero-order chi connectivity index (χ0) is 26.0. The number of nitrogens with zero attached hydrogens (tertiary/aromatic N) is 1. The number of fused-ring (bicyclic) bond motifs is 2. The molecule has 2 aliphatic heterocycles. The average Bonchev–Trinajstić information content (AvgIpc) is 3.40. The number of hydrogen-bond acceptors (Lipinski definition) is 5. The second kappa shape index (κ2) is 7.41. The van der Waals surface area contributed by atoms with E-state index in [0.717, 1.165) is 29.4 Å². The number of nitrogens with one attached hydrogen (secondary N) is 1. The van der Waals surface area contributed by atoms with Crippen LogP contribution in [0.2, 0.25) is 0 Å². The van der Waals surface area contributed by atoms with Gasteiger partial charge in [-0.25, -0.2) is 4.39 Å². The minimum atomic E-state index is -2.01. The van der Waals surface area contributed by atoms with Crippen molar-refractivity contribution in [2.45, 2.75) is 80.6 Å². The molecule has 3 aliphatic carbocycles. The van der Waals surface area contributed by atoms with E-state index in [4.69, 9.17) is 4.74 Å². The number of alkyl halides is 1. The lowest BCUT2D eigenvalue weighted by Crippen LogP contribution is -2.73. The van der Waals surface area contributed by atoms with Crippen molar-refractivity contribution >= 4 is 16.3 Å². The summed E-state index contributed by atoms with van der Waals surface area (Å²) in [5.41, 5.74) is -0.784. The molecule has 37 heavy (non-hydrogen) atoms. The summed E-state index contributed by atoms with van der Waals surface area (Å²) in [6, 6.07) is 7.65. The van der Waals surface area contributed by atoms with Gasteiger partial charge in [0.2, 0.25) is 0 Å². The van der Waals surface area contributed by atoms with Crippen LogP contribution in [0.1, 0.15) is 51.0 Å². The molecule has 2 spiro atoms. The number of aliphatic hydroxyl groups is 2. The standard InChI is InChI=1S/C30H35FN2O4/c1-27-10-8-19-15-30(31)25(35)24(34)22(33(2)3)16-28(30)11-12-29(19,37-28)23(27)7-6-21(27)18-5-4-17-9-13-32-26(36)20(17)14-18/h4-6,8-9,13-14,22-25,34-35H,7,10-12,15-16H2,1-3H3,(H,32,36). The summed E-state index contributed by atoms with van der Waals surface area (Å²) in [6.07, 6.45) is 6.75. The fourth-order valence-electron chi connectivity index (χ4n) is 8.78. The number of benzene rings is 1. The first-order chi connectivity index (χ1) is 17.5. The summed E-state index contributed by atoms with van der Waals surface area (Å²) in [4.78, 5) is 17.2. The van der Waals surface area contributed by atoms with Gasteiger partial charge in [-0.3, -0.25) is 4.79 Å². The van der Waals surface area contributed by atoms with Crippen molar-refractivity contribution in [2.75, 3.05) is 14.1 Å². The molecule has 5 aliphatic rings. The largest absolute Gasteiger partial charge is 0.389 e. The second-order valence-electron chi connectivity index (χ2n) is 12.6. The van der Waals surface area contributed by atoms with Crippen LogP contribution >= 0.6 is 0 Å². The Labute approximate surface area is 215 Å². The quantitative estimate of drug-likeness (QED) is 0.541. The third-order valence-electron chi connectivity index (χ3n) is 10.8. The van der Waals surface area contributed by atoms with Gasteiger partial charge in [0.05, 0.1) is 11.7 Å². The highest BCUT2D eigenvalue weighted by molar-refractivity contribution is 5.87. The lowest BCUT2D eigenvalue weighted by molar-refractivity contribution is -0.282. The first kappa shape index (κ1) is 23.8. The number of H-pyrrole nitrogens is 1. The van der Waals surface area contributed by atoms with Gasteiger partial charge in [-0.2, -0.15) is 0 Å². The molecular formula is C30H35FN2O4. The van der Waals surface area contributed by atoms with Gasteiger partial charge >= 0.3 is 0 Å². The topological polar surface area (TPSA) is 85.8 Å². The van der Waals surface area contributed by atoms with Crippen LogP contribution in [0.5, 0.6) is 0 Å². The zero-order valence-corrected chi connectivity index (χ0v) is 21.6. The zero-order valence-electron chi connectivity index (χ0n) is 21.6. The number of hydrogen-bond donors (Lipinski definition) is 3. The SMILES string of the molecule is CN(C)C1CC23CCC4(O2)C(=CCC2(C)C(c5ccc6cc[nH]c(=O)c6c5)=CCC24)CC3(F)C(O)C1O. The van der Waals surface area contributed by atoms with E-state index in [1.54, 1.807) is 6.20 Å². The Morgan fingerprint density at radius 2 is 1.97 bits per heavy atom. The number of aromatic nitrogens is 1. The van der Waals surface area contributed by atoms with E-state index >= 15 is 4.39 Å². The molecule has 1 saturated carbocycles. The maximum Gasteiger partial charge on any atom is 0.255 e. The maximum absolute atomic E-state index is 16.9. The van der Waals surface area contributed by atoms with E-state index < -0.39 is 29.1 Å². The van der Waals surface area contributed by atoms with Crippen LogP contribution < -0.4 is 5.56 Å². The number of aromatic amines is 1. The molecule has 1 aromatic heterocycles. The Kier molecular flexibility index (Phi) is 4.76. The van der Waals surface area contributed by atoms with Crippen LogP contribution in [-0.2, 0) is 4.74 Å². The van der Waals surface area contributed by atoms with E-state index in [1.165, 1.54) is 5.57 Å². The second-order valence-corrected chi connectivity index (χ2v) is 12.6. The van der Waals surface area contributed by atoms with Gasteiger partial charge in [-0.05, 0) is 80.4 Å². The van der Waals surface area contributed by atoms with E-state index in [1.807, 2.05) is 37.2 Å². The van der Waals surface area contributed by atoms with Crippen LogP contribution in [0.15, 0.2) is 53.0 Å². The fraction of sp³-hybridized carbons (Fsp3) is 0.567. The number of allylic oxidation sites excluding steroid dienone is 3. The Bertz CT molecular complexity index is 1430. The molecule has 6 nitrogen and oxygen atoms in total. The lowest BCUT2D eigenvalue weighted by atomic mass is 9.56. The molecule has 2 saturated heterocycles. The minimum absolute atomic E-state index is 0.0924. The van der Waals surface area contributed by atoms with Gasteiger partial charge in [0.25, 0.3) is 5.56 Å². The molecule has 0 radical (unpaired) electrons. The number of ether oxygens (including phenoxy) is 1. The lowest BCUT2D eigenvalue weighted by Gasteiger charge is -2.61. The van der Waals surface area contributed by atoms with Crippen LogP contribution in [0, 0.1) is 11.3 Å². The number of aliphatic hydroxyl groups excluding tert-OH is 2. The molecule has 196 valence electrons. The summed E-state index contributed by atoms with van der Waals surface area (Å²) in [6.45, 7) is 2.28. The van der Waals surface area contributed by atoms with Gasteiger partial charge < -0.3 is 24.8 Å². The molecule has 7 heteroatoms. The predicted molar refractivity (Wildman–Crippen MR) is 140 cm³/mol. The smallest absolute Gasteiger partial charge is 0.255 e. The van der Waals surface area contributed by atoms with Crippen molar-refractivity contribution < 1.29 is 19.3 Å². The van der Waals surface area contributed by atoms with Crippen LogP contribution in [-0.4, -0.2) is 69.3 Å². The first-order valence-corrected chi connectivity index (χ1v) is 13.5. The van der Waals surface area contributed by atoms with Crippen molar-refractivity contribution in [3.8, 4) is 0 Å². The van der Waals surface area contributed by atoms with Crippen molar-refractivity contribution in [3.05, 3.63) is 64.1 Å². The van der Waals surface area contributed by atoms with Crippen LogP contribution in [0.4, 0.5) is 4.39 Å². The molecule has 3 N–H and O–H groups in total. The Hall–Kier alpha value is -2.32. The summed E-state index contributed by atoms with van der Waals surface area (Å²) in [5.74, 6) is 0.144. The van der Waals surface area contributed by atoms with Crippen LogP contribution in [0.25, 0.3) is 16.3 Å². The van der Waals surface area contributed by atoms with Crippen molar-refractivity contribution in [3.63, 3.8) is 0 Å². The molecule has 2 bridgehead atoms. The third-order valence-corrected chi connectivity index (χ3v) is 10.8. The van der Waals surface area contributed by atoms with Gasteiger partial charge in [0.15, 0.2) is 5.67 Å². The molecule has 8 atom stereocenters. The first-order valence-electron chi connectivity index (χ1n) is 13.5. The van der Waals surface area contributed by atoms with E-state index in [-0.39, 0.29) is 29.4 Å². The monoisotopic (exact) mass is 506 g/mol. The van der Waals surface area contributed by atoms with Gasteiger partial charge in [-0.1, -0.05) is 31.2 Å². The third kappa shape index (κ3) is 2.81. The van der Waals surface area contributed by atoms with Gasteiger partial charge in [-0.15, -0.1) is 0 Å². The summed E-state index contributed by atoms with van der Waals surface area (Å²) < 4.78 is 23.9. The molecule has 8 unspecified atom stereocenters. The predicted octanol–water partition coefficient (Wildman–Crippen LogP) is 3.72. The minimum Gasteiger partial charge on any atom is -0.389 e. The molecule has 3 heterocycles. The van der Waals surface area contributed by atoms with Crippen molar-refractivity contribution in [2.24, 2.45) is 11.3 Å². The number of rotatable bonds is 2. The van der Waals surface area contributed by atoms with E-state index in [0.29, 0.717) is 24.6 Å². The summed E-state index contributed by atoms with van der Waals surface area (Å²) in [5, 5.41) is 23.5. The van der Waals surface area contributed by atoms with E-state index in [9.17, 15) is 15.0 Å². The highest BCUT2D eigenvalue weighted by Gasteiger charge is 2.76. The highest BCUT2D eigenvalue weighted by atomic mass is 19.1. The molecule has 3 fully saturated rings. The number of halogens is 1. The maximum atomic E-state index is 16.9. The molecule has 1 aromatic carbocycles.